The Balaban J connectivity index is 1.10. The van der Waals surface area contributed by atoms with Gasteiger partial charge in [0, 0.05) is 67.9 Å². The molecular weight excluding hydrogens is 823 g/mol. The zero-order chi connectivity index (χ0) is 38.5. The summed E-state index contributed by atoms with van der Waals surface area (Å²) in [5.41, 5.74) is 4.82. The van der Waals surface area contributed by atoms with Crippen molar-refractivity contribution < 1.29 is 14.4 Å². The van der Waals surface area contributed by atoms with Crippen LogP contribution >= 0.6 is 68.0 Å². The van der Waals surface area contributed by atoms with Gasteiger partial charge in [0.1, 0.15) is 5.69 Å². The van der Waals surface area contributed by atoms with Crippen LogP contribution < -0.4 is 10.6 Å². The molecule has 57 heavy (non-hydrogen) atoms. The Bertz CT molecular complexity index is 2950. The molecule has 6 nitrogen and oxygen atoms in total. The summed E-state index contributed by atoms with van der Waals surface area (Å²) in [7, 11) is 0. The van der Waals surface area contributed by atoms with Crippen molar-refractivity contribution in [2.24, 2.45) is 0 Å². The fourth-order valence-electron chi connectivity index (χ4n) is 6.75. The number of pyridine rings is 1. The lowest BCUT2D eigenvalue weighted by Crippen LogP contribution is -2.17. The molecule has 1 aliphatic rings. The number of hydrogen-bond donors (Lipinski definition) is 2. The molecule has 9 aromatic rings. The van der Waals surface area contributed by atoms with Gasteiger partial charge in [0.2, 0.25) is 0 Å². The van der Waals surface area contributed by atoms with E-state index in [1.807, 2.05) is 71.4 Å². The molecule has 2 amide bonds. The number of carbonyl (C=O) groups is 3. The minimum Gasteiger partial charge on any atom is -0.322 e. The van der Waals surface area contributed by atoms with E-state index in [1.54, 1.807) is 86.2 Å². The number of nitrogens with one attached hydrogen (secondary N) is 2. The topological polar surface area (TPSA) is 88.2 Å². The van der Waals surface area contributed by atoms with Crippen molar-refractivity contribution in [3.05, 3.63) is 160 Å². The third-order valence-electron chi connectivity index (χ3n) is 9.43. The van der Waals surface area contributed by atoms with Crippen molar-refractivity contribution in [2.45, 2.75) is 6.42 Å². The van der Waals surface area contributed by atoms with E-state index >= 15 is 0 Å². The van der Waals surface area contributed by atoms with Crippen LogP contribution in [0.5, 0.6) is 0 Å². The predicted octanol–water partition coefficient (Wildman–Crippen LogP) is 13.7. The Labute approximate surface area is 351 Å². The zero-order valence-electron chi connectivity index (χ0n) is 29.6. The molecule has 0 saturated carbocycles. The van der Waals surface area contributed by atoms with Gasteiger partial charge >= 0.3 is 0 Å². The molecule has 0 radical (unpaired) electrons. The van der Waals surface area contributed by atoms with Crippen LogP contribution in [0.1, 0.15) is 36.8 Å². The van der Waals surface area contributed by atoms with E-state index in [0.29, 0.717) is 33.8 Å². The summed E-state index contributed by atoms with van der Waals surface area (Å²) in [5, 5.41) is 12.3. The number of Topliss-reactive ketones (excluding diaryl/α,β-unsaturated/α-hetero) is 1. The quantitative estimate of drug-likeness (QED) is 0.174. The van der Waals surface area contributed by atoms with Crippen molar-refractivity contribution >= 4 is 97.0 Å². The van der Waals surface area contributed by atoms with E-state index in [2.05, 4.69) is 58.5 Å². The van der Waals surface area contributed by atoms with Gasteiger partial charge < -0.3 is 10.6 Å². The third kappa shape index (κ3) is 7.27. The van der Waals surface area contributed by atoms with Gasteiger partial charge in [-0.1, -0.05) is 24.3 Å². The smallest absolute Gasteiger partial charge is 0.274 e. The second-order valence-corrected chi connectivity index (χ2v) is 19.3. The summed E-state index contributed by atoms with van der Waals surface area (Å²) >= 11 is 9.85. The van der Waals surface area contributed by atoms with Crippen molar-refractivity contribution in [1.82, 2.24) is 4.98 Å². The first kappa shape index (κ1) is 35.8. The summed E-state index contributed by atoms with van der Waals surface area (Å²) < 4.78 is 0. The van der Waals surface area contributed by atoms with Crippen LogP contribution in [0.4, 0.5) is 11.4 Å². The molecule has 8 heterocycles. The molecule has 2 aromatic carbocycles. The highest BCUT2D eigenvalue weighted by molar-refractivity contribution is 7.24. The average molecular weight is 850 g/mol. The Morgan fingerprint density at radius 2 is 1.00 bits per heavy atom. The SMILES string of the molecule is O=C1Cc2cc(nc(-c3ccc(-c4cccs4)s3)c2)C(=O)Nc2ccc(-c3ccc(-c4cccs4)s3)c(c2)C(=O)Nc2cc1cc(-c1ccc(-c3cccs3)s1)c2. The van der Waals surface area contributed by atoms with Crippen molar-refractivity contribution in [1.29, 1.82) is 0 Å². The number of carbonyl (C=O) groups excluding carboxylic acids is 3. The molecule has 0 aliphatic carbocycles. The van der Waals surface area contributed by atoms with Gasteiger partial charge in [0.05, 0.1) is 16.1 Å². The third-order valence-corrected chi connectivity index (χ3v) is 16.0. The van der Waals surface area contributed by atoms with Crippen LogP contribution in [-0.4, -0.2) is 22.6 Å². The first-order valence-corrected chi connectivity index (χ1v) is 22.9. The van der Waals surface area contributed by atoms with Gasteiger partial charge in [-0.2, -0.15) is 0 Å². The van der Waals surface area contributed by atoms with E-state index in [4.69, 9.17) is 4.98 Å². The highest BCUT2D eigenvalue weighted by Gasteiger charge is 2.22. The number of nitrogens with zero attached hydrogens (tertiary/aromatic N) is 1. The number of ketones is 1. The number of rotatable bonds is 6. The molecule has 0 fully saturated rings. The number of thiophene rings is 6. The molecule has 10 rings (SSSR count). The molecule has 2 N–H and O–H groups in total. The van der Waals surface area contributed by atoms with E-state index in [0.717, 1.165) is 50.1 Å². The lowest BCUT2D eigenvalue weighted by molar-refractivity contribution is 0.0987. The lowest BCUT2D eigenvalue weighted by Gasteiger charge is -2.14. The van der Waals surface area contributed by atoms with Gasteiger partial charge in [0.25, 0.3) is 11.8 Å². The number of benzene rings is 2. The first-order chi connectivity index (χ1) is 27.9. The van der Waals surface area contributed by atoms with Crippen LogP contribution in [0.15, 0.2) is 137 Å². The van der Waals surface area contributed by atoms with Crippen LogP contribution in [0.25, 0.3) is 60.7 Å². The minimum atomic E-state index is -0.437. The Kier molecular flexibility index (Phi) is 9.45. The van der Waals surface area contributed by atoms with Gasteiger partial charge in [0.15, 0.2) is 5.78 Å². The van der Waals surface area contributed by atoms with E-state index < -0.39 is 5.91 Å². The standard InChI is InChI=1S/C45H27N3O3S6/c49-34-20-25-18-32(37-11-14-43(57-37)40-6-3-17-54-40)48-33(19-25)45(51)46-28-7-8-30(36-10-13-42(56-36)39-5-2-16-53-39)31(24-28)44(50)47-29-22-26(34)21-27(23-29)35-9-12-41(55-35)38-4-1-15-52-38/h1-19,21-24H,20H2,(H,46,51)(H,47,50). The normalized spacial score (nSPS) is 12.9. The number of hydrogen-bond acceptors (Lipinski definition) is 10. The lowest BCUT2D eigenvalue weighted by atomic mass is 9.99. The Hall–Kier alpha value is -5.60. The summed E-state index contributed by atoms with van der Waals surface area (Å²) in [4.78, 5) is 57.2. The fourth-order valence-corrected chi connectivity index (χ4v) is 12.3. The van der Waals surface area contributed by atoms with Crippen molar-refractivity contribution in [3.63, 3.8) is 0 Å². The van der Waals surface area contributed by atoms with Crippen LogP contribution in [0.2, 0.25) is 0 Å². The fraction of sp³-hybridized carbons (Fsp3) is 0.0222. The number of fused-ring (bicyclic) bond motifs is 6. The maximum absolute atomic E-state index is 14.5. The Morgan fingerprint density at radius 3 is 1.67 bits per heavy atom. The van der Waals surface area contributed by atoms with E-state index in [1.165, 1.54) is 4.88 Å². The van der Waals surface area contributed by atoms with Gasteiger partial charge in [-0.05, 0) is 124 Å². The molecule has 0 atom stereocenters. The van der Waals surface area contributed by atoms with Gasteiger partial charge in [-0.25, -0.2) is 4.98 Å². The molecular formula is C45H27N3O3S6. The second-order valence-electron chi connectivity index (χ2n) is 13.2. The monoisotopic (exact) mass is 849 g/mol. The number of anilines is 2. The van der Waals surface area contributed by atoms with Gasteiger partial charge in [-0.3, -0.25) is 14.4 Å². The number of aromatic nitrogens is 1. The number of amides is 2. The minimum absolute atomic E-state index is 0.0313. The molecule has 7 aromatic heterocycles. The zero-order valence-corrected chi connectivity index (χ0v) is 34.5. The molecule has 276 valence electrons. The predicted molar refractivity (Wildman–Crippen MR) is 241 cm³/mol. The van der Waals surface area contributed by atoms with Crippen molar-refractivity contribution in [3.8, 4) is 60.7 Å². The Morgan fingerprint density at radius 1 is 0.439 bits per heavy atom. The molecule has 12 heteroatoms. The maximum atomic E-state index is 14.5. The van der Waals surface area contributed by atoms with Gasteiger partial charge in [-0.15, -0.1) is 68.0 Å². The highest BCUT2D eigenvalue weighted by Crippen LogP contribution is 2.41. The molecule has 0 unspecified atom stereocenters. The second kappa shape index (κ2) is 15.1. The van der Waals surface area contributed by atoms with Crippen LogP contribution in [-0.2, 0) is 6.42 Å². The summed E-state index contributed by atoms with van der Waals surface area (Å²) in [6, 6.07) is 39.2. The summed E-state index contributed by atoms with van der Waals surface area (Å²) in [6.45, 7) is 0. The summed E-state index contributed by atoms with van der Waals surface area (Å²) in [5.74, 6) is -0.941. The maximum Gasteiger partial charge on any atom is 0.274 e. The molecule has 0 saturated heterocycles. The molecule has 0 spiro atoms. The average Bonchev–Trinajstić information content (AvgIpc) is 4.08. The molecule has 1 aliphatic heterocycles. The van der Waals surface area contributed by atoms with E-state index in [-0.39, 0.29) is 23.8 Å². The molecule has 6 bridgehead atoms. The van der Waals surface area contributed by atoms with Crippen molar-refractivity contribution in [2.75, 3.05) is 10.6 Å². The highest BCUT2D eigenvalue weighted by atomic mass is 32.1. The largest absolute Gasteiger partial charge is 0.322 e. The van der Waals surface area contributed by atoms with Crippen LogP contribution in [0, 0.1) is 0 Å². The van der Waals surface area contributed by atoms with Crippen LogP contribution in [0.3, 0.4) is 0 Å². The summed E-state index contributed by atoms with van der Waals surface area (Å²) in [6.07, 6.45) is 0.0313. The first-order valence-electron chi connectivity index (χ1n) is 17.8. The van der Waals surface area contributed by atoms with E-state index in [9.17, 15) is 14.4 Å².